The molecule has 0 bridgehead atoms. The first kappa shape index (κ1) is 9.58. The standard InChI is InChI=1S/C10H13NO2/c1-3-10(13)11-8-5-4-7(2)9(12)6-8/h4-6,12H,3H2,1-2H3,(H,11,13). The van der Waals surface area contributed by atoms with Gasteiger partial charge in [0.05, 0.1) is 0 Å². The van der Waals surface area contributed by atoms with E-state index < -0.39 is 0 Å². The molecule has 1 amide bonds. The number of hydrogen-bond donors (Lipinski definition) is 2. The number of amides is 1. The third-order valence-corrected chi connectivity index (χ3v) is 1.81. The van der Waals surface area contributed by atoms with Crippen LogP contribution >= 0.6 is 0 Å². The first-order chi connectivity index (χ1) is 6.13. The van der Waals surface area contributed by atoms with Crippen molar-refractivity contribution in [1.82, 2.24) is 0 Å². The Balaban J connectivity index is 2.79. The van der Waals surface area contributed by atoms with Gasteiger partial charge in [-0.3, -0.25) is 4.79 Å². The largest absolute Gasteiger partial charge is 0.508 e. The van der Waals surface area contributed by atoms with Gasteiger partial charge >= 0.3 is 0 Å². The van der Waals surface area contributed by atoms with E-state index in [1.165, 1.54) is 0 Å². The molecule has 0 aromatic heterocycles. The molecule has 0 aliphatic heterocycles. The number of benzene rings is 1. The normalized spacial score (nSPS) is 9.69. The van der Waals surface area contributed by atoms with Gasteiger partial charge in [-0.1, -0.05) is 13.0 Å². The third kappa shape index (κ3) is 2.47. The number of hydrogen-bond acceptors (Lipinski definition) is 2. The molecule has 0 heterocycles. The zero-order chi connectivity index (χ0) is 9.84. The summed E-state index contributed by atoms with van der Waals surface area (Å²) in [7, 11) is 0. The Morgan fingerprint density at radius 2 is 2.23 bits per heavy atom. The highest BCUT2D eigenvalue weighted by atomic mass is 16.3. The Hall–Kier alpha value is -1.51. The third-order valence-electron chi connectivity index (χ3n) is 1.81. The van der Waals surface area contributed by atoms with Crippen molar-refractivity contribution >= 4 is 11.6 Å². The molecule has 0 radical (unpaired) electrons. The van der Waals surface area contributed by atoms with Crippen LogP contribution in [0.1, 0.15) is 18.9 Å². The van der Waals surface area contributed by atoms with Crippen LogP contribution in [0.3, 0.4) is 0 Å². The molecule has 0 saturated carbocycles. The van der Waals surface area contributed by atoms with Crippen molar-refractivity contribution < 1.29 is 9.90 Å². The first-order valence-corrected chi connectivity index (χ1v) is 4.23. The van der Waals surface area contributed by atoms with Crippen LogP contribution in [0.15, 0.2) is 18.2 Å². The zero-order valence-corrected chi connectivity index (χ0v) is 7.79. The number of rotatable bonds is 2. The van der Waals surface area contributed by atoms with E-state index in [9.17, 15) is 9.90 Å². The topological polar surface area (TPSA) is 49.3 Å². The van der Waals surface area contributed by atoms with Gasteiger partial charge in [0.15, 0.2) is 0 Å². The second-order valence-electron chi connectivity index (χ2n) is 2.90. The van der Waals surface area contributed by atoms with E-state index in [4.69, 9.17) is 0 Å². The maximum Gasteiger partial charge on any atom is 0.224 e. The lowest BCUT2D eigenvalue weighted by molar-refractivity contribution is -0.115. The molecule has 0 atom stereocenters. The Morgan fingerprint density at radius 3 is 2.77 bits per heavy atom. The molecule has 1 aromatic carbocycles. The van der Waals surface area contributed by atoms with Crippen molar-refractivity contribution in [3.63, 3.8) is 0 Å². The van der Waals surface area contributed by atoms with E-state index in [-0.39, 0.29) is 11.7 Å². The minimum Gasteiger partial charge on any atom is -0.508 e. The second kappa shape index (κ2) is 3.94. The summed E-state index contributed by atoms with van der Waals surface area (Å²) in [6.45, 7) is 3.59. The fourth-order valence-corrected chi connectivity index (χ4v) is 0.937. The molecule has 0 aliphatic carbocycles. The van der Waals surface area contributed by atoms with Crippen LogP contribution in [0.4, 0.5) is 5.69 Å². The van der Waals surface area contributed by atoms with Crippen molar-refractivity contribution in [2.24, 2.45) is 0 Å². The van der Waals surface area contributed by atoms with Crippen LogP contribution < -0.4 is 5.32 Å². The lowest BCUT2D eigenvalue weighted by Crippen LogP contribution is -2.09. The van der Waals surface area contributed by atoms with Gasteiger partial charge in [-0.15, -0.1) is 0 Å². The molecule has 0 saturated heterocycles. The molecule has 3 nitrogen and oxygen atoms in total. The van der Waals surface area contributed by atoms with Gasteiger partial charge in [-0.2, -0.15) is 0 Å². The summed E-state index contributed by atoms with van der Waals surface area (Å²) in [5, 5.41) is 12.0. The number of phenols is 1. The molecule has 1 rings (SSSR count). The molecular weight excluding hydrogens is 166 g/mol. The van der Waals surface area contributed by atoms with E-state index in [1.807, 2.05) is 0 Å². The smallest absolute Gasteiger partial charge is 0.224 e. The Kier molecular flexibility index (Phi) is 2.90. The minimum absolute atomic E-state index is 0.0525. The molecule has 0 fully saturated rings. The average Bonchev–Trinajstić information content (AvgIpc) is 2.11. The molecule has 13 heavy (non-hydrogen) atoms. The van der Waals surface area contributed by atoms with Crippen molar-refractivity contribution in [3.05, 3.63) is 23.8 Å². The van der Waals surface area contributed by atoms with Gasteiger partial charge in [0.1, 0.15) is 5.75 Å². The molecule has 1 aromatic rings. The predicted octanol–water partition coefficient (Wildman–Crippen LogP) is 2.05. The predicted molar refractivity (Wildman–Crippen MR) is 51.8 cm³/mol. The highest BCUT2D eigenvalue weighted by Crippen LogP contribution is 2.20. The Labute approximate surface area is 77.4 Å². The summed E-state index contributed by atoms with van der Waals surface area (Å²) in [6.07, 6.45) is 0.439. The monoisotopic (exact) mass is 179 g/mol. The van der Waals surface area contributed by atoms with Crippen LogP contribution in [0, 0.1) is 6.92 Å². The van der Waals surface area contributed by atoms with E-state index in [1.54, 1.807) is 32.0 Å². The maximum absolute atomic E-state index is 11.0. The highest BCUT2D eigenvalue weighted by molar-refractivity contribution is 5.90. The molecule has 3 heteroatoms. The van der Waals surface area contributed by atoms with E-state index in [0.717, 1.165) is 5.56 Å². The quantitative estimate of drug-likeness (QED) is 0.730. The van der Waals surface area contributed by atoms with Crippen molar-refractivity contribution in [2.75, 3.05) is 5.32 Å². The average molecular weight is 179 g/mol. The van der Waals surface area contributed by atoms with Gasteiger partial charge < -0.3 is 10.4 Å². The van der Waals surface area contributed by atoms with Gasteiger partial charge in [-0.25, -0.2) is 0 Å². The fraction of sp³-hybridized carbons (Fsp3) is 0.300. The van der Waals surface area contributed by atoms with Crippen molar-refractivity contribution in [1.29, 1.82) is 0 Å². The first-order valence-electron chi connectivity index (χ1n) is 4.23. The molecular formula is C10H13NO2. The summed E-state index contributed by atoms with van der Waals surface area (Å²) < 4.78 is 0. The molecule has 0 aliphatic rings. The van der Waals surface area contributed by atoms with Crippen molar-refractivity contribution in [3.8, 4) is 5.75 Å². The fourth-order valence-electron chi connectivity index (χ4n) is 0.937. The number of phenolic OH excluding ortho intramolecular Hbond substituents is 1. The summed E-state index contributed by atoms with van der Waals surface area (Å²) in [5.41, 5.74) is 1.43. The lowest BCUT2D eigenvalue weighted by Gasteiger charge is -2.05. The number of nitrogens with one attached hydrogen (secondary N) is 1. The van der Waals surface area contributed by atoms with E-state index >= 15 is 0 Å². The molecule has 2 N–H and O–H groups in total. The summed E-state index contributed by atoms with van der Waals surface area (Å²) in [4.78, 5) is 11.0. The SMILES string of the molecule is CCC(=O)Nc1ccc(C)c(O)c1. The van der Waals surface area contributed by atoms with Crippen LogP contribution in [-0.2, 0) is 4.79 Å². The number of carbonyl (C=O) groups excluding carboxylic acids is 1. The minimum atomic E-state index is -0.0525. The van der Waals surface area contributed by atoms with Crippen LogP contribution in [0.2, 0.25) is 0 Å². The van der Waals surface area contributed by atoms with Crippen LogP contribution in [0.5, 0.6) is 5.75 Å². The second-order valence-corrected chi connectivity index (χ2v) is 2.90. The number of aryl methyl sites for hydroxylation is 1. The summed E-state index contributed by atoms with van der Waals surface area (Å²) >= 11 is 0. The Bertz CT molecular complexity index is 321. The van der Waals surface area contributed by atoms with Crippen LogP contribution in [-0.4, -0.2) is 11.0 Å². The highest BCUT2D eigenvalue weighted by Gasteiger charge is 2.00. The van der Waals surface area contributed by atoms with Gasteiger partial charge in [0, 0.05) is 18.2 Å². The van der Waals surface area contributed by atoms with E-state index in [2.05, 4.69) is 5.32 Å². The number of aromatic hydroxyl groups is 1. The van der Waals surface area contributed by atoms with Crippen LogP contribution in [0.25, 0.3) is 0 Å². The summed E-state index contributed by atoms with van der Waals surface area (Å²) in [5.74, 6) is 0.150. The van der Waals surface area contributed by atoms with Gasteiger partial charge in [0.25, 0.3) is 0 Å². The molecule has 70 valence electrons. The zero-order valence-electron chi connectivity index (χ0n) is 7.79. The molecule has 0 spiro atoms. The van der Waals surface area contributed by atoms with Gasteiger partial charge in [-0.05, 0) is 18.6 Å². The Morgan fingerprint density at radius 1 is 1.54 bits per heavy atom. The van der Waals surface area contributed by atoms with E-state index in [0.29, 0.717) is 12.1 Å². The molecule has 0 unspecified atom stereocenters. The van der Waals surface area contributed by atoms with Gasteiger partial charge in [0.2, 0.25) is 5.91 Å². The maximum atomic E-state index is 11.0. The number of anilines is 1. The summed E-state index contributed by atoms with van der Waals surface area (Å²) in [6, 6.07) is 5.08. The van der Waals surface area contributed by atoms with Crippen molar-refractivity contribution in [2.45, 2.75) is 20.3 Å². The number of carbonyl (C=O) groups is 1. The lowest BCUT2D eigenvalue weighted by atomic mass is 10.2.